The molecule has 164 valence electrons. The Bertz CT molecular complexity index is 1490. The maximum atomic E-state index is 13.1. The van der Waals surface area contributed by atoms with E-state index in [4.69, 9.17) is 0 Å². The fourth-order valence-corrected chi connectivity index (χ4v) is 5.53. The van der Waals surface area contributed by atoms with Crippen LogP contribution in [0, 0.1) is 5.82 Å². The van der Waals surface area contributed by atoms with Crippen molar-refractivity contribution in [3.63, 3.8) is 0 Å². The van der Waals surface area contributed by atoms with E-state index in [1.165, 1.54) is 22.7 Å². The molecular weight excluding hydrogens is 441 g/mol. The lowest BCUT2D eigenvalue weighted by Gasteiger charge is -2.19. The standard InChI is InChI=1S/C25H18FN3O3S/c26-21-13-9-17(10-14-21)15-27-28-25(30)20-11-7-18(8-12-20)16-29-22-5-1-3-19-4-2-6-23(24(19)22)33(29,31)32/h1-15H,16H2,(H,28,30). The molecular formula is C25H18FN3O3S. The molecule has 1 amide bonds. The van der Waals surface area contributed by atoms with Crippen LogP contribution in [0.4, 0.5) is 10.1 Å². The molecule has 0 radical (unpaired) electrons. The van der Waals surface area contributed by atoms with E-state index in [0.717, 1.165) is 16.3 Å². The second-order valence-corrected chi connectivity index (χ2v) is 9.42. The van der Waals surface area contributed by atoms with E-state index < -0.39 is 15.9 Å². The van der Waals surface area contributed by atoms with Gasteiger partial charge in [0.1, 0.15) is 5.82 Å². The van der Waals surface area contributed by atoms with Crippen LogP contribution in [0.1, 0.15) is 21.5 Å². The lowest BCUT2D eigenvalue weighted by atomic mass is 10.1. The van der Waals surface area contributed by atoms with Gasteiger partial charge in [0.15, 0.2) is 0 Å². The number of carbonyl (C=O) groups is 1. The molecule has 0 unspecified atom stereocenters. The number of nitrogens with one attached hydrogen (secondary N) is 1. The van der Waals surface area contributed by atoms with E-state index in [-0.39, 0.29) is 12.4 Å². The van der Waals surface area contributed by atoms with Crippen LogP contribution in [0.5, 0.6) is 0 Å². The number of nitrogens with zero attached hydrogens (tertiary/aromatic N) is 2. The number of rotatable bonds is 5. The summed E-state index contributed by atoms with van der Waals surface area (Å²) in [5.74, 6) is -0.760. The van der Waals surface area contributed by atoms with Crippen LogP contribution in [0.15, 0.2) is 94.9 Å². The van der Waals surface area contributed by atoms with Gasteiger partial charge < -0.3 is 0 Å². The monoisotopic (exact) mass is 459 g/mol. The molecule has 8 heteroatoms. The molecule has 0 atom stereocenters. The molecule has 0 aromatic heterocycles. The van der Waals surface area contributed by atoms with Gasteiger partial charge in [-0.25, -0.2) is 18.2 Å². The summed E-state index contributed by atoms with van der Waals surface area (Å²) in [4.78, 5) is 12.6. The van der Waals surface area contributed by atoms with Gasteiger partial charge in [-0.1, -0.05) is 48.5 Å². The quantitative estimate of drug-likeness (QED) is 0.354. The number of hydrogen-bond donors (Lipinski definition) is 1. The van der Waals surface area contributed by atoms with Gasteiger partial charge in [0.2, 0.25) is 0 Å². The summed E-state index contributed by atoms with van der Waals surface area (Å²) >= 11 is 0. The van der Waals surface area contributed by atoms with Crippen LogP contribution in [0.25, 0.3) is 10.8 Å². The van der Waals surface area contributed by atoms with Crippen molar-refractivity contribution in [1.82, 2.24) is 5.43 Å². The average molecular weight is 460 g/mol. The topological polar surface area (TPSA) is 78.8 Å². The Kier molecular flexibility index (Phi) is 5.14. The summed E-state index contributed by atoms with van der Waals surface area (Å²) in [5.41, 5.74) is 4.85. The van der Waals surface area contributed by atoms with Gasteiger partial charge in [0, 0.05) is 10.9 Å². The minimum atomic E-state index is -3.65. The third-order valence-corrected chi connectivity index (χ3v) is 7.28. The molecule has 0 saturated carbocycles. The van der Waals surface area contributed by atoms with Crippen molar-refractivity contribution in [1.29, 1.82) is 0 Å². The van der Waals surface area contributed by atoms with Crippen LogP contribution in [-0.4, -0.2) is 20.5 Å². The first kappa shape index (κ1) is 20.8. The number of benzene rings is 4. The van der Waals surface area contributed by atoms with Crippen LogP contribution < -0.4 is 9.73 Å². The second-order valence-electron chi connectivity index (χ2n) is 7.59. The molecule has 33 heavy (non-hydrogen) atoms. The molecule has 4 aromatic carbocycles. The zero-order valence-corrected chi connectivity index (χ0v) is 18.1. The van der Waals surface area contributed by atoms with Crippen LogP contribution in [0.2, 0.25) is 0 Å². The van der Waals surface area contributed by atoms with Gasteiger partial charge in [0.25, 0.3) is 15.9 Å². The predicted octanol–water partition coefficient (Wildman–Crippen LogP) is 4.45. The number of amides is 1. The Morgan fingerprint density at radius 1 is 0.939 bits per heavy atom. The Balaban J connectivity index is 1.31. The SMILES string of the molecule is O=C(NN=Cc1ccc(F)cc1)c1ccc(CN2c3cccc4cccc(c34)S2(=O)=O)cc1. The van der Waals surface area contributed by atoms with Crippen molar-refractivity contribution in [2.24, 2.45) is 5.10 Å². The highest BCUT2D eigenvalue weighted by atomic mass is 32.2. The highest BCUT2D eigenvalue weighted by Gasteiger charge is 2.35. The molecule has 0 aliphatic carbocycles. The number of halogens is 1. The van der Waals surface area contributed by atoms with Crippen molar-refractivity contribution >= 4 is 38.6 Å². The Morgan fingerprint density at radius 2 is 1.64 bits per heavy atom. The van der Waals surface area contributed by atoms with E-state index in [9.17, 15) is 17.6 Å². The van der Waals surface area contributed by atoms with Gasteiger partial charge in [-0.15, -0.1) is 0 Å². The largest absolute Gasteiger partial charge is 0.271 e. The van der Waals surface area contributed by atoms with E-state index in [2.05, 4.69) is 10.5 Å². The highest BCUT2D eigenvalue weighted by Crippen LogP contribution is 2.42. The van der Waals surface area contributed by atoms with Crippen molar-refractivity contribution < 1.29 is 17.6 Å². The molecule has 4 aromatic rings. The summed E-state index contributed by atoms with van der Waals surface area (Å²) < 4.78 is 40.6. The van der Waals surface area contributed by atoms with E-state index in [1.807, 2.05) is 18.2 Å². The van der Waals surface area contributed by atoms with Gasteiger partial charge in [-0.2, -0.15) is 5.10 Å². The highest BCUT2D eigenvalue weighted by molar-refractivity contribution is 7.93. The first-order valence-corrected chi connectivity index (χ1v) is 11.6. The zero-order chi connectivity index (χ0) is 23.0. The van der Waals surface area contributed by atoms with E-state index in [1.54, 1.807) is 54.6 Å². The summed E-state index contributed by atoms with van der Waals surface area (Å²) in [7, 11) is -3.65. The number of sulfonamides is 1. The average Bonchev–Trinajstić information content (AvgIpc) is 3.04. The fourth-order valence-electron chi connectivity index (χ4n) is 3.83. The smallest absolute Gasteiger partial charge is 0.267 e. The minimum Gasteiger partial charge on any atom is -0.267 e. The molecule has 1 aliphatic rings. The molecule has 0 saturated heterocycles. The van der Waals surface area contributed by atoms with Crippen molar-refractivity contribution in [3.8, 4) is 0 Å². The number of carbonyl (C=O) groups excluding carboxylic acids is 1. The molecule has 0 bridgehead atoms. The zero-order valence-electron chi connectivity index (χ0n) is 17.3. The van der Waals surface area contributed by atoms with E-state index >= 15 is 0 Å². The summed E-state index contributed by atoms with van der Waals surface area (Å²) in [6.07, 6.45) is 1.42. The van der Waals surface area contributed by atoms with Crippen LogP contribution >= 0.6 is 0 Å². The maximum Gasteiger partial charge on any atom is 0.271 e. The Morgan fingerprint density at radius 3 is 2.36 bits per heavy atom. The molecule has 5 rings (SSSR count). The summed E-state index contributed by atoms with van der Waals surface area (Å²) in [6.45, 7) is 0.154. The molecule has 6 nitrogen and oxygen atoms in total. The van der Waals surface area contributed by atoms with Crippen LogP contribution in [0.3, 0.4) is 0 Å². The number of hydrazone groups is 1. The lowest BCUT2D eigenvalue weighted by molar-refractivity contribution is 0.0955. The maximum absolute atomic E-state index is 13.1. The summed E-state index contributed by atoms with van der Waals surface area (Å²) in [6, 6.07) is 23.2. The number of anilines is 1. The third kappa shape index (κ3) is 3.85. The normalized spacial score (nSPS) is 14.2. The minimum absolute atomic E-state index is 0.154. The second kappa shape index (κ2) is 8.14. The van der Waals surface area contributed by atoms with Gasteiger partial charge in [0.05, 0.1) is 23.3 Å². The van der Waals surface area contributed by atoms with Crippen molar-refractivity contribution in [3.05, 3.63) is 107 Å². The Hall–Kier alpha value is -4.04. The van der Waals surface area contributed by atoms with Gasteiger partial charge in [-0.05, 0) is 52.9 Å². The molecule has 1 N–H and O–H groups in total. The first-order chi connectivity index (χ1) is 15.9. The number of hydrogen-bond acceptors (Lipinski definition) is 4. The van der Waals surface area contributed by atoms with Gasteiger partial charge in [-0.3, -0.25) is 9.10 Å². The van der Waals surface area contributed by atoms with Crippen LogP contribution in [-0.2, 0) is 16.6 Å². The van der Waals surface area contributed by atoms with E-state index in [0.29, 0.717) is 21.7 Å². The Labute approximate surface area is 190 Å². The van der Waals surface area contributed by atoms with Gasteiger partial charge >= 0.3 is 0 Å². The molecule has 0 fully saturated rings. The first-order valence-electron chi connectivity index (χ1n) is 10.2. The molecule has 1 heterocycles. The lowest BCUT2D eigenvalue weighted by Crippen LogP contribution is -2.26. The third-order valence-electron chi connectivity index (χ3n) is 5.47. The summed E-state index contributed by atoms with van der Waals surface area (Å²) in [5, 5.41) is 5.49. The van der Waals surface area contributed by atoms with Crippen molar-refractivity contribution in [2.75, 3.05) is 4.31 Å². The molecule has 0 spiro atoms. The van der Waals surface area contributed by atoms with Crippen molar-refractivity contribution in [2.45, 2.75) is 11.4 Å². The molecule has 1 aliphatic heterocycles. The fraction of sp³-hybridized carbons (Fsp3) is 0.0400. The predicted molar refractivity (Wildman–Crippen MR) is 125 cm³/mol.